The van der Waals surface area contributed by atoms with Crippen molar-refractivity contribution in [2.75, 3.05) is 19.6 Å². The summed E-state index contributed by atoms with van der Waals surface area (Å²) in [5.41, 5.74) is 0.244. The van der Waals surface area contributed by atoms with Crippen LogP contribution in [0.15, 0.2) is 23.9 Å². The van der Waals surface area contributed by atoms with Crippen LogP contribution in [0.4, 0.5) is 0 Å². The van der Waals surface area contributed by atoms with Crippen LogP contribution in [-0.4, -0.2) is 58.5 Å². The van der Waals surface area contributed by atoms with E-state index in [9.17, 15) is 9.90 Å². The number of carboxylic acid groups (broad SMARTS) is 1. The van der Waals surface area contributed by atoms with E-state index in [-0.39, 0.29) is 96.2 Å². The molecule has 25 heavy (non-hydrogen) atoms. The molecule has 0 amide bonds. The molecule has 1 fully saturated rings. The van der Waals surface area contributed by atoms with Gasteiger partial charge in [-0.2, -0.15) is 0 Å². The first kappa shape index (κ1) is 44.8. The average molecular weight is 563 g/mol. The first-order valence-electron chi connectivity index (χ1n) is 5.92. The summed E-state index contributed by atoms with van der Waals surface area (Å²) in [5.74, 6) is -1.05. The number of aliphatic hydroxyl groups excluding tert-OH is 1. The molecule has 9 N–H and O–H groups in total. The van der Waals surface area contributed by atoms with Gasteiger partial charge in [0.2, 0.25) is 0 Å². The van der Waals surface area contributed by atoms with E-state index in [4.69, 9.17) is 10.2 Å². The van der Waals surface area contributed by atoms with Crippen LogP contribution in [0.5, 0.6) is 0 Å². The fourth-order valence-corrected chi connectivity index (χ4v) is 1.67. The number of carbonyl (C=O) groups is 1. The Labute approximate surface area is 189 Å². The number of rotatable bonds is 2. The molecule has 9 nitrogen and oxygen atoms in total. The number of aliphatic carboxylic acids is 1. The van der Waals surface area contributed by atoms with E-state index < -0.39 is 12.3 Å². The van der Waals surface area contributed by atoms with Crippen molar-refractivity contribution >= 4 is 5.97 Å². The molecule has 0 aromatic carbocycles. The number of piperidine rings is 1. The predicted octanol–water partition coefficient (Wildman–Crippen LogP) is -3.62. The molecular weight excluding hydrogens is 538 g/mol. The van der Waals surface area contributed by atoms with Gasteiger partial charge in [0.1, 0.15) is 0 Å². The zero-order valence-corrected chi connectivity index (χ0v) is 16.6. The molecule has 0 aromatic heterocycles. The van der Waals surface area contributed by atoms with Crippen molar-refractivity contribution in [1.29, 1.82) is 0 Å². The Morgan fingerprint density at radius 1 is 1.16 bits per heavy atom. The van der Waals surface area contributed by atoms with Gasteiger partial charge in [0.15, 0.2) is 6.29 Å². The zero-order valence-electron chi connectivity index (χ0n) is 12.8. The van der Waals surface area contributed by atoms with Crippen molar-refractivity contribution < 1.29 is 105 Å². The number of hydrogen-bond donors (Lipinski definition) is 3. The minimum Gasteiger partial charge on any atom is -0.662 e. The van der Waals surface area contributed by atoms with Crippen molar-refractivity contribution in [2.24, 2.45) is 5.92 Å². The largest absolute Gasteiger partial charge is 2.00 e. The second kappa shape index (κ2) is 26.8. The van der Waals surface area contributed by atoms with Gasteiger partial charge in [-0.05, 0) is 17.8 Å². The van der Waals surface area contributed by atoms with Crippen LogP contribution in [0.2, 0.25) is 0 Å². The fourth-order valence-electron chi connectivity index (χ4n) is 1.67. The molecule has 2 aliphatic rings. The van der Waals surface area contributed by atoms with Gasteiger partial charge in [0, 0.05) is 63.7 Å². The van der Waals surface area contributed by atoms with Crippen LogP contribution in [0.1, 0.15) is 12.8 Å². The van der Waals surface area contributed by atoms with E-state index in [0.717, 1.165) is 25.9 Å². The normalized spacial score (nSPS) is 14.1. The Kier molecular flexibility index (Phi) is 48.0. The molecule has 0 unspecified atom stereocenters. The first-order valence-corrected chi connectivity index (χ1v) is 5.92. The Hall–Kier alpha value is 0.588. The number of nitrogens with zero attached hydrogens (tertiary/aromatic N) is 1. The van der Waals surface area contributed by atoms with Gasteiger partial charge in [-0.1, -0.05) is 18.9 Å². The second-order valence-corrected chi connectivity index (χ2v) is 4.11. The van der Waals surface area contributed by atoms with Gasteiger partial charge >= 0.3 is 17.1 Å². The smallest absolute Gasteiger partial charge is 0.662 e. The second-order valence-electron chi connectivity index (χ2n) is 4.11. The third-order valence-corrected chi connectivity index (χ3v) is 2.79. The summed E-state index contributed by atoms with van der Waals surface area (Å²) in [7, 11) is 0. The van der Waals surface area contributed by atoms with Gasteiger partial charge in [0.05, 0.1) is 5.97 Å². The summed E-state index contributed by atoms with van der Waals surface area (Å²) in [6, 6.07) is 0. The van der Waals surface area contributed by atoms with Crippen LogP contribution >= 0.6 is 0 Å². The van der Waals surface area contributed by atoms with Gasteiger partial charge in [0.25, 0.3) is 0 Å². The Morgan fingerprint density at radius 2 is 1.64 bits per heavy atom. The van der Waals surface area contributed by atoms with Crippen LogP contribution in [0, 0.1) is 5.92 Å². The number of carboxylic acids is 1. The Balaban J connectivity index is -0.0000000405. The molecule has 4 radical (unpaired) electrons. The summed E-state index contributed by atoms with van der Waals surface area (Å²) >= 11 is 0. The van der Waals surface area contributed by atoms with Crippen molar-refractivity contribution in [3.05, 3.63) is 29.2 Å². The molecular formula is C12H24Cu4N2O7. The molecule has 0 bridgehead atoms. The minimum atomic E-state index is -1.12. The van der Waals surface area contributed by atoms with Gasteiger partial charge < -0.3 is 47.2 Å². The van der Waals surface area contributed by atoms with E-state index in [0.29, 0.717) is 6.54 Å². The standard InChI is InChI=1S/C6H12NO2.C6H7NO2.4Cu.3H2O/c2*8-6(9)5-1-3-7-4-2-5;;;;;;;/h5-6,8-9H,1-4H2;1-3,7H,4H2,(H,8,9);;;;;3*1H2/q-1;;;;;+2;;;/p-1. The number of hydrogen-bond acceptors (Lipinski definition) is 5. The van der Waals surface area contributed by atoms with Crippen LogP contribution in [0.3, 0.4) is 0 Å². The van der Waals surface area contributed by atoms with Gasteiger partial charge in [-0.25, -0.2) is 0 Å². The maximum absolute atomic E-state index is 10.1. The van der Waals surface area contributed by atoms with E-state index in [1.54, 1.807) is 12.3 Å². The van der Waals surface area contributed by atoms with E-state index in [1.165, 1.54) is 6.08 Å². The van der Waals surface area contributed by atoms with E-state index >= 15 is 0 Å². The molecule has 168 valence electrons. The summed E-state index contributed by atoms with van der Waals surface area (Å²) in [5, 5.41) is 34.4. The molecule has 0 spiro atoms. The zero-order chi connectivity index (χ0) is 13.4. The van der Waals surface area contributed by atoms with Crippen molar-refractivity contribution in [2.45, 2.75) is 19.1 Å². The predicted molar refractivity (Wildman–Crippen MR) is 75.1 cm³/mol. The van der Waals surface area contributed by atoms with E-state index in [1.807, 2.05) is 0 Å². The third kappa shape index (κ3) is 20.8. The Bertz CT molecular complexity index is 341. The summed E-state index contributed by atoms with van der Waals surface area (Å²) < 4.78 is 0. The molecule has 0 saturated carbocycles. The van der Waals surface area contributed by atoms with Crippen molar-refractivity contribution in [3.8, 4) is 0 Å². The van der Waals surface area contributed by atoms with Crippen molar-refractivity contribution in [1.82, 2.24) is 5.32 Å². The monoisotopic (exact) mass is 560 g/mol. The number of dihydropyridines is 1. The fraction of sp³-hybridized carbons (Fsp3) is 0.583. The quantitative estimate of drug-likeness (QED) is 0.230. The topological polar surface area (TPSA) is 201 Å². The first-order chi connectivity index (χ1) is 8.61. The number of aliphatic hydroxyl groups is 2. The minimum absolute atomic E-state index is 0. The molecule has 2 rings (SSSR count). The van der Waals surface area contributed by atoms with Crippen LogP contribution in [-0.2, 0) is 73.1 Å². The molecule has 13 heteroatoms. The maximum Gasteiger partial charge on any atom is 2.00 e. The third-order valence-electron chi connectivity index (χ3n) is 2.79. The van der Waals surface area contributed by atoms with Crippen molar-refractivity contribution in [3.63, 3.8) is 0 Å². The maximum atomic E-state index is 10.1. The van der Waals surface area contributed by atoms with Gasteiger partial charge in [-0.15, -0.1) is 13.1 Å². The summed E-state index contributed by atoms with van der Waals surface area (Å²) in [6.45, 7) is 2.16. The molecule has 2 aliphatic heterocycles. The number of carbonyl (C=O) groups excluding carboxylic acids is 1. The van der Waals surface area contributed by atoms with E-state index in [2.05, 4.69) is 10.6 Å². The summed E-state index contributed by atoms with van der Waals surface area (Å²) in [6.07, 6.45) is 5.16. The molecule has 0 aliphatic carbocycles. The summed E-state index contributed by atoms with van der Waals surface area (Å²) in [4.78, 5) is 10.1. The average Bonchev–Trinajstić information content (AvgIpc) is 2.41. The molecule has 0 atom stereocenters. The molecule has 1 saturated heterocycles. The number of nitrogens with one attached hydrogen (secondary N) is 1. The van der Waals surface area contributed by atoms with Crippen LogP contribution in [0.25, 0.3) is 5.32 Å². The van der Waals surface area contributed by atoms with Crippen LogP contribution < -0.4 is 10.4 Å². The molecule has 0 aromatic rings. The Morgan fingerprint density at radius 3 is 1.88 bits per heavy atom. The SMILES string of the molecule is O.O.O.O=C([O-])C1=CCNC=C1.OC(O)C1CC[N-]CC1.[Cu+2].[Cu].[Cu].[Cu]. The van der Waals surface area contributed by atoms with Gasteiger partial charge in [-0.3, -0.25) is 0 Å². The molecule has 2 heterocycles.